The zero-order valence-corrected chi connectivity index (χ0v) is 11.3. The number of rotatable bonds is 8. The van der Waals surface area contributed by atoms with Crippen molar-refractivity contribution >= 4 is 0 Å². The number of hydrogen-bond acceptors (Lipinski definition) is 3. The summed E-state index contributed by atoms with van der Waals surface area (Å²) in [7, 11) is 1.82. The Hall–Kier alpha value is -0.970. The summed E-state index contributed by atoms with van der Waals surface area (Å²) in [6.07, 6.45) is -0.100. The molecule has 1 unspecified atom stereocenters. The quantitative estimate of drug-likeness (QED) is 0.724. The standard InChI is InChI=1S/C14H22FNO2/c1-11(2)17-8-9-18-14(10-16-3)12-6-4-5-7-13(12)15/h4-7,11,14,16H,8-10H2,1-3H3. The molecular weight excluding hydrogens is 233 g/mol. The molecule has 3 nitrogen and oxygen atoms in total. The number of halogens is 1. The maximum absolute atomic E-state index is 13.7. The molecule has 102 valence electrons. The van der Waals surface area contributed by atoms with E-state index in [0.29, 0.717) is 25.3 Å². The van der Waals surface area contributed by atoms with E-state index in [-0.39, 0.29) is 18.0 Å². The molecule has 0 saturated heterocycles. The van der Waals surface area contributed by atoms with Gasteiger partial charge in [-0.1, -0.05) is 18.2 Å². The predicted molar refractivity (Wildman–Crippen MR) is 70.1 cm³/mol. The minimum absolute atomic E-state index is 0.185. The number of nitrogens with one attached hydrogen (secondary N) is 1. The Morgan fingerprint density at radius 2 is 1.83 bits per heavy atom. The van der Waals surface area contributed by atoms with Gasteiger partial charge in [0.2, 0.25) is 0 Å². The Morgan fingerprint density at radius 1 is 1.17 bits per heavy atom. The Labute approximate surface area is 108 Å². The summed E-state index contributed by atoms with van der Waals surface area (Å²) < 4.78 is 24.7. The van der Waals surface area contributed by atoms with Gasteiger partial charge in [-0.05, 0) is 27.0 Å². The van der Waals surface area contributed by atoms with Crippen LogP contribution in [-0.2, 0) is 9.47 Å². The highest BCUT2D eigenvalue weighted by Gasteiger charge is 2.15. The topological polar surface area (TPSA) is 30.5 Å². The summed E-state index contributed by atoms with van der Waals surface area (Å²) in [5.41, 5.74) is 0.580. The van der Waals surface area contributed by atoms with Crippen molar-refractivity contribution < 1.29 is 13.9 Å². The zero-order valence-electron chi connectivity index (χ0n) is 11.3. The van der Waals surface area contributed by atoms with Crippen molar-refractivity contribution in [2.45, 2.75) is 26.1 Å². The van der Waals surface area contributed by atoms with Gasteiger partial charge in [-0.15, -0.1) is 0 Å². The van der Waals surface area contributed by atoms with E-state index in [0.717, 1.165) is 0 Å². The number of ether oxygens (including phenoxy) is 2. The molecule has 0 saturated carbocycles. The molecule has 0 fully saturated rings. The number of benzene rings is 1. The van der Waals surface area contributed by atoms with E-state index in [9.17, 15) is 4.39 Å². The van der Waals surface area contributed by atoms with Crippen molar-refractivity contribution in [1.82, 2.24) is 5.32 Å². The van der Waals surface area contributed by atoms with Gasteiger partial charge in [-0.2, -0.15) is 0 Å². The van der Waals surface area contributed by atoms with Gasteiger partial charge in [0.05, 0.1) is 25.4 Å². The Morgan fingerprint density at radius 3 is 2.44 bits per heavy atom. The summed E-state index contributed by atoms with van der Waals surface area (Å²) in [6.45, 7) is 5.50. The number of likely N-dealkylation sites (N-methyl/N-ethyl adjacent to an activating group) is 1. The van der Waals surface area contributed by atoms with E-state index in [1.54, 1.807) is 12.1 Å². The molecule has 0 radical (unpaired) electrons. The second-order valence-corrected chi connectivity index (χ2v) is 4.36. The second kappa shape index (κ2) is 8.19. The van der Waals surface area contributed by atoms with Gasteiger partial charge in [0.25, 0.3) is 0 Å². The molecule has 0 spiro atoms. The molecule has 1 aromatic carbocycles. The van der Waals surface area contributed by atoms with Gasteiger partial charge in [-0.25, -0.2) is 4.39 Å². The SMILES string of the molecule is CNCC(OCCOC(C)C)c1ccccc1F. The highest BCUT2D eigenvalue weighted by Crippen LogP contribution is 2.19. The van der Waals surface area contributed by atoms with Crippen LogP contribution in [0.1, 0.15) is 25.5 Å². The van der Waals surface area contributed by atoms with Crippen molar-refractivity contribution in [2.24, 2.45) is 0 Å². The molecule has 1 atom stereocenters. The first-order chi connectivity index (χ1) is 8.65. The predicted octanol–water partition coefficient (Wildman–Crippen LogP) is 2.53. The molecule has 0 amide bonds. The minimum atomic E-state index is -0.285. The lowest BCUT2D eigenvalue weighted by atomic mass is 10.1. The summed E-state index contributed by atoms with van der Waals surface area (Å²) >= 11 is 0. The maximum atomic E-state index is 13.7. The second-order valence-electron chi connectivity index (χ2n) is 4.36. The largest absolute Gasteiger partial charge is 0.376 e. The first kappa shape index (κ1) is 15.1. The number of hydrogen-bond donors (Lipinski definition) is 1. The van der Waals surface area contributed by atoms with Crippen molar-refractivity contribution in [3.05, 3.63) is 35.6 Å². The third-order valence-corrected chi connectivity index (χ3v) is 2.50. The first-order valence-electron chi connectivity index (χ1n) is 6.27. The molecular formula is C14H22FNO2. The lowest BCUT2D eigenvalue weighted by molar-refractivity contribution is -0.0135. The molecule has 0 aliphatic heterocycles. The van der Waals surface area contributed by atoms with E-state index in [1.165, 1.54) is 6.07 Å². The fourth-order valence-corrected chi connectivity index (χ4v) is 1.65. The van der Waals surface area contributed by atoms with Crippen LogP contribution in [0.25, 0.3) is 0 Å². The Balaban J connectivity index is 2.52. The van der Waals surface area contributed by atoms with Crippen LogP contribution in [0.5, 0.6) is 0 Å². The summed E-state index contributed by atoms with van der Waals surface area (Å²) in [5.74, 6) is -0.234. The van der Waals surface area contributed by atoms with Gasteiger partial charge in [-0.3, -0.25) is 0 Å². The average Bonchev–Trinajstić information content (AvgIpc) is 2.34. The maximum Gasteiger partial charge on any atom is 0.129 e. The molecule has 1 N–H and O–H groups in total. The van der Waals surface area contributed by atoms with Crippen molar-refractivity contribution in [3.63, 3.8) is 0 Å². The molecule has 0 aliphatic rings. The van der Waals surface area contributed by atoms with E-state index in [4.69, 9.17) is 9.47 Å². The third kappa shape index (κ3) is 5.12. The van der Waals surface area contributed by atoms with Crippen LogP contribution in [0.15, 0.2) is 24.3 Å². The molecule has 0 bridgehead atoms. The summed E-state index contributed by atoms with van der Waals surface area (Å²) in [4.78, 5) is 0. The van der Waals surface area contributed by atoms with Crippen molar-refractivity contribution in [2.75, 3.05) is 26.8 Å². The van der Waals surface area contributed by atoms with Gasteiger partial charge in [0, 0.05) is 12.1 Å². The van der Waals surface area contributed by atoms with Crippen LogP contribution in [0.4, 0.5) is 4.39 Å². The van der Waals surface area contributed by atoms with Crippen LogP contribution in [0, 0.1) is 5.82 Å². The third-order valence-electron chi connectivity index (χ3n) is 2.50. The van der Waals surface area contributed by atoms with Crippen LogP contribution in [0.3, 0.4) is 0 Å². The molecule has 18 heavy (non-hydrogen) atoms. The zero-order chi connectivity index (χ0) is 13.4. The van der Waals surface area contributed by atoms with E-state index in [1.807, 2.05) is 27.0 Å². The fraction of sp³-hybridized carbons (Fsp3) is 0.571. The van der Waals surface area contributed by atoms with Crippen LogP contribution in [-0.4, -0.2) is 32.9 Å². The Bertz CT molecular complexity index is 344. The van der Waals surface area contributed by atoms with E-state index < -0.39 is 0 Å². The molecule has 0 heterocycles. The highest BCUT2D eigenvalue weighted by molar-refractivity contribution is 5.20. The van der Waals surface area contributed by atoms with Gasteiger partial charge >= 0.3 is 0 Å². The highest BCUT2D eigenvalue weighted by atomic mass is 19.1. The first-order valence-corrected chi connectivity index (χ1v) is 6.27. The van der Waals surface area contributed by atoms with Crippen molar-refractivity contribution in [1.29, 1.82) is 0 Å². The normalized spacial score (nSPS) is 12.9. The van der Waals surface area contributed by atoms with E-state index >= 15 is 0 Å². The van der Waals surface area contributed by atoms with Gasteiger partial charge < -0.3 is 14.8 Å². The van der Waals surface area contributed by atoms with Crippen LogP contribution in [0.2, 0.25) is 0 Å². The Kier molecular flexibility index (Phi) is 6.86. The lowest BCUT2D eigenvalue weighted by Gasteiger charge is -2.19. The summed E-state index contributed by atoms with van der Waals surface area (Å²) in [5, 5.41) is 3.01. The monoisotopic (exact) mass is 255 g/mol. The van der Waals surface area contributed by atoms with E-state index in [2.05, 4.69) is 5.32 Å². The fourth-order valence-electron chi connectivity index (χ4n) is 1.65. The molecule has 1 rings (SSSR count). The molecule has 0 aromatic heterocycles. The molecule has 4 heteroatoms. The smallest absolute Gasteiger partial charge is 0.129 e. The molecule has 0 aliphatic carbocycles. The average molecular weight is 255 g/mol. The molecule has 1 aromatic rings. The summed E-state index contributed by atoms with van der Waals surface area (Å²) in [6, 6.07) is 6.69. The minimum Gasteiger partial charge on any atom is -0.376 e. The van der Waals surface area contributed by atoms with Gasteiger partial charge in [0.15, 0.2) is 0 Å². The van der Waals surface area contributed by atoms with Gasteiger partial charge in [0.1, 0.15) is 5.82 Å². The van der Waals surface area contributed by atoms with Crippen LogP contribution >= 0.6 is 0 Å². The van der Waals surface area contributed by atoms with Crippen molar-refractivity contribution in [3.8, 4) is 0 Å². The lowest BCUT2D eigenvalue weighted by Crippen LogP contribution is -2.22. The van der Waals surface area contributed by atoms with Crippen LogP contribution < -0.4 is 5.32 Å².